The lowest BCUT2D eigenvalue weighted by atomic mass is 9.59. The van der Waals surface area contributed by atoms with Crippen LogP contribution in [0.15, 0.2) is 76.9 Å². The van der Waals surface area contributed by atoms with Crippen molar-refractivity contribution in [3.63, 3.8) is 0 Å². The Morgan fingerprint density at radius 3 is 2.54 bits per heavy atom. The first kappa shape index (κ1) is 26.4. The van der Waals surface area contributed by atoms with Crippen molar-refractivity contribution in [2.45, 2.75) is 32.6 Å². The second-order valence-corrected chi connectivity index (χ2v) is 10.7. The van der Waals surface area contributed by atoms with E-state index in [0.717, 1.165) is 4.90 Å². The van der Waals surface area contributed by atoms with Crippen LogP contribution in [0.2, 0.25) is 0 Å². The maximum atomic E-state index is 14.0. The molecule has 2 aromatic carbocycles. The maximum absolute atomic E-state index is 14.0. The molecule has 0 saturated carbocycles. The Labute approximate surface area is 235 Å². The first-order valence-electron chi connectivity index (χ1n) is 13.5. The third-order valence-electron chi connectivity index (χ3n) is 8.56. The number of rotatable bonds is 5. The summed E-state index contributed by atoms with van der Waals surface area (Å²) in [7, 11) is 0. The van der Waals surface area contributed by atoms with Crippen LogP contribution in [0.25, 0.3) is 0 Å². The smallest absolute Gasteiger partial charge is 0.335 e. The number of carboxylic acid groups (broad SMARTS) is 1. The number of Topliss-reactive ketones (excluding diaryl/α,β-unsaturated/α-hetero) is 1. The van der Waals surface area contributed by atoms with Gasteiger partial charge in [-0.25, -0.2) is 4.79 Å². The highest BCUT2D eigenvalue weighted by molar-refractivity contribution is 6.25. The third-order valence-corrected chi connectivity index (χ3v) is 8.56. The minimum absolute atomic E-state index is 0.0533. The van der Waals surface area contributed by atoms with E-state index in [1.807, 2.05) is 6.08 Å². The van der Waals surface area contributed by atoms with E-state index in [9.17, 15) is 34.2 Å². The Balaban J connectivity index is 1.49. The van der Waals surface area contributed by atoms with Gasteiger partial charge in [0.05, 0.1) is 29.7 Å². The predicted molar refractivity (Wildman–Crippen MR) is 146 cm³/mol. The molecule has 0 spiro atoms. The van der Waals surface area contributed by atoms with Crippen molar-refractivity contribution in [2.75, 3.05) is 11.5 Å². The summed E-state index contributed by atoms with van der Waals surface area (Å²) in [5.74, 6) is -5.54. The molecule has 1 saturated heterocycles. The molecule has 0 aromatic heterocycles. The Bertz CT molecular complexity index is 1660. The number of ether oxygens (including phenoxy) is 1. The van der Waals surface area contributed by atoms with Crippen LogP contribution in [0.4, 0.5) is 5.69 Å². The molecule has 2 amide bonds. The predicted octanol–water partition coefficient (Wildman–Crippen LogP) is 4.12. The van der Waals surface area contributed by atoms with E-state index in [2.05, 4.69) is 0 Å². The van der Waals surface area contributed by atoms with Gasteiger partial charge in [-0.2, -0.15) is 0 Å². The molecular weight excluding hydrogens is 526 g/mol. The van der Waals surface area contributed by atoms with Gasteiger partial charge in [-0.05, 0) is 62.9 Å². The number of carbonyl (C=O) groups is 5. The van der Waals surface area contributed by atoms with Crippen molar-refractivity contribution >= 4 is 35.0 Å². The van der Waals surface area contributed by atoms with Crippen LogP contribution < -0.4 is 9.64 Å². The van der Waals surface area contributed by atoms with Crippen molar-refractivity contribution in [1.82, 2.24) is 0 Å². The maximum Gasteiger partial charge on any atom is 0.335 e. The zero-order valence-electron chi connectivity index (χ0n) is 22.4. The summed E-state index contributed by atoms with van der Waals surface area (Å²) in [5.41, 5.74) is 2.06. The Morgan fingerprint density at radius 2 is 1.80 bits per heavy atom. The number of para-hydroxylation sites is 1. The molecule has 208 valence electrons. The zero-order chi connectivity index (χ0) is 29.2. The number of aromatic hydroxyl groups is 1. The molecule has 0 bridgehead atoms. The van der Waals surface area contributed by atoms with Crippen molar-refractivity contribution < 1.29 is 38.9 Å². The number of aromatic carboxylic acids is 1. The van der Waals surface area contributed by atoms with Gasteiger partial charge in [-0.15, -0.1) is 0 Å². The Morgan fingerprint density at radius 1 is 1.05 bits per heavy atom. The van der Waals surface area contributed by atoms with Crippen LogP contribution in [-0.2, 0) is 19.2 Å². The van der Waals surface area contributed by atoms with Gasteiger partial charge in [0.15, 0.2) is 23.1 Å². The van der Waals surface area contributed by atoms with Crippen LogP contribution in [-0.4, -0.2) is 46.2 Å². The summed E-state index contributed by atoms with van der Waals surface area (Å²) >= 11 is 0. The van der Waals surface area contributed by atoms with Crippen LogP contribution in [0, 0.1) is 17.8 Å². The van der Waals surface area contributed by atoms with Gasteiger partial charge in [0.25, 0.3) is 0 Å². The molecule has 9 nitrogen and oxygen atoms in total. The molecule has 1 heterocycles. The highest BCUT2D eigenvalue weighted by atomic mass is 16.5. The Hall–Kier alpha value is -4.79. The second-order valence-electron chi connectivity index (χ2n) is 10.7. The average Bonchev–Trinajstić information content (AvgIpc) is 3.21. The van der Waals surface area contributed by atoms with Crippen LogP contribution in [0.3, 0.4) is 0 Å². The summed E-state index contributed by atoms with van der Waals surface area (Å²) in [6, 6.07) is 10.7. The van der Waals surface area contributed by atoms with Gasteiger partial charge in [-0.3, -0.25) is 24.1 Å². The number of benzene rings is 2. The molecule has 9 heteroatoms. The van der Waals surface area contributed by atoms with Gasteiger partial charge in [-0.1, -0.05) is 29.8 Å². The monoisotopic (exact) mass is 553 g/mol. The lowest BCUT2D eigenvalue weighted by Crippen LogP contribution is -2.39. The Kier molecular flexibility index (Phi) is 6.25. The van der Waals surface area contributed by atoms with E-state index in [1.165, 1.54) is 30.3 Å². The first-order valence-corrected chi connectivity index (χ1v) is 13.5. The van der Waals surface area contributed by atoms with Crippen LogP contribution >= 0.6 is 0 Å². The summed E-state index contributed by atoms with van der Waals surface area (Å²) in [4.78, 5) is 67.0. The van der Waals surface area contributed by atoms with Crippen molar-refractivity contribution in [3.8, 4) is 11.5 Å². The summed E-state index contributed by atoms with van der Waals surface area (Å²) in [6.45, 7) is 3.67. The minimum atomic E-state index is -1.18. The first-order chi connectivity index (χ1) is 19.6. The van der Waals surface area contributed by atoms with Gasteiger partial charge in [0, 0.05) is 28.2 Å². The quantitative estimate of drug-likeness (QED) is 0.320. The number of hydrogen-bond acceptors (Lipinski definition) is 7. The number of hydrogen-bond donors (Lipinski definition) is 2. The van der Waals surface area contributed by atoms with Gasteiger partial charge >= 0.3 is 5.97 Å². The number of anilines is 1. The van der Waals surface area contributed by atoms with Gasteiger partial charge in [0.2, 0.25) is 11.8 Å². The van der Waals surface area contributed by atoms with E-state index >= 15 is 0 Å². The zero-order valence-corrected chi connectivity index (χ0v) is 22.4. The highest BCUT2D eigenvalue weighted by Crippen LogP contribution is 2.57. The van der Waals surface area contributed by atoms with E-state index in [4.69, 9.17) is 4.74 Å². The number of carboxylic acids is 1. The number of amides is 2. The third kappa shape index (κ3) is 3.95. The molecule has 41 heavy (non-hydrogen) atoms. The normalized spacial score (nSPS) is 25.4. The molecule has 0 radical (unpaired) electrons. The minimum Gasteiger partial charge on any atom is -0.504 e. The molecule has 0 unspecified atom stereocenters. The topological polar surface area (TPSA) is 138 Å². The van der Waals surface area contributed by atoms with Crippen molar-refractivity contribution in [3.05, 3.63) is 88.0 Å². The summed E-state index contributed by atoms with van der Waals surface area (Å²) in [5, 5.41) is 20.7. The highest BCUT2D eigenvalue weighted by Gasteiger charge is 2.57. The molecule has 6 rings (SSSR count). The fourth-order valence-corrected chi connectivity index (χ4v) is 6.79. The molecular formula is C32H27NO8. The number of fused-ring (bicyclic) bond motifs is 3. The number of allylic oxidation sites excluding steroid dienone is 6. The molecule has 1 fully saturated rings. The van der Waals surface area contributed by atoms with Crippen LogP contribution in [0.1, 0.15) is 48.5 Å². The summed E-state index contributed by atoms with van der Waals surface area (Å²) in [6.07, 6.45) is 3.48. The fourth-order valence-electron chi connectivity index (χ4n) is 6.79. The van der Waals surface area contributed by atoms with E-state index in [0.29, 0.717) is 23.3 Å². The number of carbonyl (C=O) groups excluding carboxylic acids is 4. The number of phenolic OH excluding ortho intramolecular Hbond substituents is 1. The fraction of sp³-hybridized carbons (Fsp3) is 0.281. The number of ketones is 2. The van der Waals surface area contributed by atoms with Crippen molar-refractivity contribution in [1.29, 1.82) is 0 Å². The number of imide groups is 1. The molecule has 4 atom stereocenters. The van der Waals surface area contributed by atoms with E-state index in [1.54, 1.807) is 32.0 Å². The molecule has 2 aromatic rings. The van der Waals surface area contributed by atoms with Crippen molar-refractivity contribution in [2.24, 2.45) is 17.8 Å². The largest absolute Gasteiger partial charge is 0.504 e. The number of nitrogens with zero attached hydrogens (tertiary/aromatic N) is 1. The number of phenols is 1. The summed E-state index contributed by atoms with van der Waals surface area (Å²) < 4.78 is 5.60. The lowest BCUT2D eigenvalue weighted by Gasteiger charge is -2.42. The van der Waals surface area contributed by atoms with Gasteiger partial charge in [0.1, 0.15) is 0 Å². The van der Waals surface area contributed by atoms with Crippen LogP contribution in [0.5, 0.6) is 11.5 Å². The van der Waals surface area contributed by atoms with E-state index in [-0.39, 0.29) is 58.3 Å². The SMILES string of the molecule is CCOc1cccc([C@H]2C3=CC[C@@H]4C(=O)N(c5cccc(C(=O)O)c5)C(=O)[C@@H]4[C@@H]3CC3=C2C(=O)C(C)=CC3=O)c1O. The van der Waals surface area contributed by atoms with E-state index < -0.39 is 41.5 Å². The lowest BCUT2D eigenvalue weighted by molar-refractivity contribution is -0.123. The standard InChI is InChI=1S/C32H27NO8/c1-3-41-24-9-5-8-19(29(24)36)25-18-10-11-20-26(21(18)14-22-23(34)12-15(2)28(35)27(22)25)31(38)33(30(20)37)17-7-4-6-16(13-17)32(39)40/h4-10,12-13,20-21,25-26,36H,3,11,14H2,1-2H3,(H,39,40)/t20-,21+,25+,26-/m0/s1. The molecule has 4 aliphatic rings. The molecule has 2 N–H and O–H groups in total. The molecule has 3 aliphatic carbocycles. The average molecular weight is 554 g/mol. The van der Waals surface area contributed by atoms with Gasteiger partial charge < -0.3 is 14.9 Å². The molecule has 1 aliphatic heterocycles. The second kappa shape index (κ2) is 9.69.